The fourth-order valence-electron chi connectivity index (χ4n) is 3.80. The molecule has 132 valence electrons. The van der Waals surface area contributed by atoms with E-state index in [4.69, 9.17) is 0 Å². The monoisotopic (exact) mass is 541 g/mol. The summed E-state index contributed by atoms with van der Waals surface area (Å²) in [5.74, 6) is 0. The third-order valence-electron chi connectivity index (χ3n) is 5.99. The summed E-state index contributed by atoms with van der Waals surface area (Å²) in [6.45, 7) is 7.88. The fraction of sp³-hybridized carbons (Fsp3) is 0.600. The van der Waals surface area contributed by atoms with Gasteiger partial charge in [0.2, 0.25) is 0 Å². The minimum atomic E-state index is -2.11. The van der Waals surface area contributed by atoms with Gasteiger partial charge in [-0.3, -0.25) is 0 Å². The Morgan fingerprint density at radius 1 is 1.00 bits per heavy atom. The van der Waals surface area contributed by atoms with Crippen molar-refractivity contribution < 1.29 is 0 Å². The Balaban J connectivity index is 2.80. The molecule has 4 heteroatoms. The van der Waals surface area contributed by atoms with Crippen molar-refractivity contribution in [1.82, 2.24) is 4.48 Å². The van der Waals surface area contributed by atoms with Gasteiger partial charge in [0.25, 0.3) is 0 Å². The Morgan fingerprint density at radius 3 is 2.08 bits per heavy atom. The number of fused-ring (bicyclic) bond motifs is 1. The molecule has 0 aliphatic carbocycles. The van der Waals surface area contributed by atoms with Gasteiger partial charge in [-0.25, -0.2) is 0 Å². The van der Waals surface area contributed by atoms with Crippen molar-refractivity contribution in [2.24, 2.45) is 0 Å². The Morgan fingerprint density at radius 2 is 1.58 bits per heavy atom. The van der Waals surface area contributed by atoms with Gasteiger partial charge in [-0.05, 0) is 0 Å². The van der Waals surface area contributed by atoms with Crippen LogP contribution in [0.2, 0.25) is 36.0 Å². The molecule has 1 aromatic rings. The zero-order valence-electron chi connectivity index (χ0n) is 17.4. The van der Waals surface area contributed by atoms with E-state index in [1.54, 1.807) is 18.2 Å². The van der Waals surface area contributed by atoms with Crippen LogP contribution in [0.3, 0.4) is 0 Å². The van der Waals surface area contributed by atoms with Crippen molar-refractivity contribution in [3.8, 4) is 0 Å². The van der Waals surface area contributed by atoms with Gasteiger partial charge >= 0.3 is 160 Å². The number of rotatable bonds is 3. The second-order valence-electron chi connectivity index (χ2n) is 9.47. The number of aromatic nitrogens is 1. The van der Waals surface area contributed by atoms with Crippen LogP contribution in [-0.4, -0.2) is 48.1 Å². The number of hydrogen-bond donors (Lipinski definition) is 0. The molecule has 1 nitrogen and oxygen atoms in total. The topological polar surface area (TPSA) is 4.93 Å². The van der Waals surface area contributed by atoms with E-state index in [-0.39, 0.29) is 0 Å². The first-order chi connectivity index (χ1) is 11.0. The molecule has 1 aliphatic rings. The van der Waals surface area contributed by atoms with Gasteiger partial charge in [0.05, 0.1) is 0 Å². The van der Waals surface area contributed by atoms with Gasteiger partial charge in [-0.1, -0.05) is 0 Å². The predicted octanol–water partition coefficient (Wildman–Crippen LogP) is 6.22. The molecule has 0 radical (unpaired) electrons. The number of allylic oxidation sites excluding steroid dienone is 4. The number of nitrogens with zero attached hydrogens (tertiary/aromatic N) is 1. The van der Waals surface area contributed by atoms with Crippen LogP contribution in [0.15, 0.2) is 36.6 Å². The molecule has 0 atom stereocenters. The fourth-order valence-corrected chi connectivity index (χ4v) is 10.3. The van der Waals surface area contributed by atoms with E-state index < -0.39 is 36.8 Å². The molecule has 0 amide bonds. The summed E-state index contributed by atoms with van der Waals surface area (Å²) >= 11 is -4.17. The van der Waals surface area contributed by atoms with E-state index in [9.17, 15) is 0 Å². The van der Waals surface area contributed by atoms with Gasteiger partial charge in [0.1, 0.15) is 0 Å². The molecule has 24 heavy (non-hydrogen) atoms. The van der Waals surface area contributed by atoms with Crippen LogP contribution in [-0.2, 0) is 6.42 Å². The second-order valence-corrected chi connectivity index (χ2v) is 39.4. The molecule has 1 aliphatic heterocycles. The molecule has 0 saturated heterocycles. The zero-order valence-corrected chi connectivity index (χ0v) is 23.1. The van der Waals surface area contributed by atoms with Crippen LogP contribution in [0, 0.1) is 0 Å². The van der Waals surface area contributed by atoms with E-state index >= 15 is 0 Å². The van der Waals surface area contributed by atoms with Crippen LogP contribution in [0.25, 0.3) is 0 Å². The summed E-state index contributed by atoms with van der Waals surface area (Å²) in [6, 6.07) is 4.59. The zero-order chi connectivity index (χ0) is 18.3. The van der Waals surface area contributed by atoms with Crippen LogP contribution in [0.5, 0.6) is 0 Å². The first-order valence-electron chi connectivity index (χ1n) is 9.56. The average Bonchev–Trinajstić information content (AvgIpc) is 2.86. The second kappa shape index (κ2) is 7.58. The molecule has 0 aromatic carbocycles. The Labute approximate surface area is 158 Å². The first kappa shape index (κ1) is 20.7. The summed E-state index contributed by atoms with van der Waals surface area (Å²) in [5.41, 5.74) is 5.04. The van der Waals surface area contributed by atoms with Crippen molar-refractivity contribution in [2.75, 3.05) is 0 Å². The summed E-state index contributed by atoms with van der Waals surface area (Å²) in [6.07, 6.45) is 5.98. The SMILES string of the molecule is CCB1C(=[C](/C)[Sn]([CH3])([CH3])[CH3])/C(=[C](/C)[Sn]([CH3])([CH3])[CH3])CCc2cccn21. The predicted molar refractivity (Wildman–Crippen MR) is 116 cm³/mol. The van der Waals surface area contributed by atoms with E-state index in [1.807, 2.05) is 0 Å². The standard InChI is InChI=1S/C14H18BN.6CH3.2Sn/c1-4-12-9-10-13-8-7-11-16(13)15(6-3)14(12)5-2;;;;;;;;/h7-8,11H,6,9-10H2,1-3H3;6*1H3;;. The Bertz CT molecular complexity index is 669. The molecule has 0 spiro atoms. The Kier molecular flexibility index (Phi) is 6.55. The summed E-state index contributed by atoms with van der Waals surface area (Å²) in [4.78, 5) is 15.5. The van der Waals surface area contributed by atoms with E-state index in [0.29, 0.717) is 6.85 Å². The van der Waals surface area contributed by atoms with Gasteiger partial charge in [-0.2, -0.15) is 0 Å². The number of hydrogen-bond acceptors (Lipinski definition) is 0. The first-order valence-corrected chi connectivity index (χ1v) is 29.5. The molecule has 0 bridgehead atoms. The van der Waals surface area contributed by atoms with Crippen LogP contribution < -0.4 is 0 Å². The average molecular weight is 539 g/mol. The van der Waals surface area contributed by atoms with Gasteiger partial charge in [0.15, 0.2) is 0 Å². The molecule has 0 N–H and O–H groups in total. The molecule has 0 fully saturated rings. The summed E-state index contributed by atoms with van der Waals surface area (Å²) < 4.78 is 6.19. The van der Waals surface area contributed by atoms with E-state index in [2.05, 4.69) is 73.2 Å². The molecule has 1 aromatic heterocycles. The van der Waals surface area contributed by atoms with E-state index in [1.165, 1.54) is 24.9 Å². The van der Waals surface area contributed by atoms with Crippen molar-refractivity contribution >= 4 is 43.6 Å². The maximum atomic E-state index is 2.59. The van der Waals surface area contributed by atoms with Crippen molar-refractivity contribution in [1.29, 1.82) is 0 Å². The van der Waals surface area contributed by atoms with Crippen molar-refractivity contribution in [2.45, 2.75) is 69.6 Å². The molecule has 2 heterocycles. The number of aryl methyl sites for hydroxylation is 1. The normalized spacial score (nSPS) is 20.6. The van der Waals surface area contributed by atoms with Crippen molar-refractivity contribution in [3.63, 3.8) is 0 Å². The van der Waals surface area contributed by atoms with Crippen LogP contribution >= 0.6 is 0 Å². The van der Waals surface area contributed by atoms with Crippen LogP contribution in [0.4, 0.5) is 0 Å². The van der Waals surface area contributed by atoms with Crippen molar-refractivity contribution in [3.05, 3.63) is 42.2 Å². The molecular formula is C20H36BNSn2. The summed E-state index contributed by atoms with van der Waals surface area (Å²) in [7, 11) is 0. The minimum absolute atomic E-state index is 0.548. The van der Waals surface area contributed by atoms with Gasteiger partial charge in [-0.15, -0.1) is 0 Å². The van der Waals surface area contributed by atoms with Gasteiger partial charge in [0, 0.05) is 0 Å². The quantitative estimate of drug-likeness (QED) is 0.403. The molecular weight excluding hydrogens is 502 g/mol. The van der Waals surface area contributed by atoms with Gasteiger partial charge < -0.3 is 0 Å². The van der Waals surface area contributed by atoms with Crippen LogP contribution in [0.1, 0.15) is 32.9 Å². The molecule has 2 rings (SSSR count). The molecule has 0 saturated carbocycles. The third kappa shape index (κ3) is 4.21. The Hall–Kier alpha value is 0.422. The van der Waals surface area contributed by atoms with E-state index in [0.717, 1.165) is 0 Å². The third-order valence-corrected chi connectivity index (χ3v) is 20.5. The maximum absolute atomic E-state index is 2.59. The molecule has 0 unspecified atom stereocenters. The summed E-state index contributed by atoms with van der Waals surface area (Å²) in [5, 5.41) is 0.